The van der Waals surface area contributed by atoms with Crippen LogP contribution in [-0.2, 0) is 4.79 Å². The van der Waals surface area contributed by atoms with Crippen molar-refractivity contribution in [1.29, 1.82) is 0 Å². The summed E-state index contributed by atoms with van der Waals surface area (Å²) in [6.07, 6.45) is 0.649. The Morgan fingerprint density at radius 3 is 2.86 bits per heavy atom. The Bertz CT molecular complexity index is 671. The van der Waals surface area contributed by atoms with Crippen LogP contribution in [0.3, 0.4) is 0 Å². The maximum Gasteiger partial charge on any atom is 0.310 e. The van der Waals surface area contributed by atoms with E-state index in [0.717, 1.165) is 15.8 Å². The van der Waals surface area contributed by atoms with Crippen molar-refractivity contribution in [3.63, 3.8) is 0 Å². The summed E-state index contributed by atoms with van der Waals surface area (Å²) in [7, 11) is 0. The van der Waals surface area contributed by atoms with Crippen LogP contribution in [0.2, 0.25) is 0 Å². The van der Waals surface area contributed by atoms with Crippen LogP contribution in [0.25, 0.3) is 0 Å². The van der Waals surface area contributed by atoms with Gasteiger partial charge in [0.15, 0.2) is 0 Å². The van der Waals surface area contributed by atoms with Crippen LogP contribution in [0, 0.1) is 0 Å². The van der Waals surface area contributed by atoms with E-state index in [-0.39, 0.29) is 0 Å². The van der Waals surface area contributed by atoms with Gasteiger partial charge in [0, 0.05) is 15.1 Å². The van der Waals surface area contributed by atoms with Crippen molar-refractivity contribution in [1.82, 2.24) is 0 Å². The van der Waals surface area contributed by atoms with E-state index in [4.69, 9.17) is 0 Å². The molecular weight excluding hydrogens is 348 g/mol. The summed E-state index contributed by atoms with van der Waals surface area (Å²) in [5, 5.41) is 9.60. The predicted molar refractivity (Wildman–Crippen MR) is 89.0 cm³/mol. The van der Waals surface area contributed by atoms with E-state index in [0.29, 0.717) is 12.3 Å². The second kappa shape index (κ2) is 6.24. The topological polar surface area (TPSA) is 37.3 Å². The Hall–Kier alpha value is -1.26. The van der Waals surface area contributed by atoms with E-state index in [9.17, 15) is 9.90 Å². The van der Waals surface area contributed by atoms with E-state index >= 15 is 0 Å². The molecular formula is C17H15BrO2S. The fourth-order valence-corrected chi connectivity index (χ4v) is 4.50. The molecule has 2 atom stereocenters. The van der Waals surface area contributed by atoms with Gasteiger partial charge < -0.3 is 5.11 Å². The molecule has 0 saturated heterocycles. The van der Waals surface area contributed by atoms with Gasteiger partial charge in [-0.25, -0.2) is 0 Å². The van der Waals surface area contributed by atoms with Gasteiger partial charge >= 0.3 is 5.97 Å². The van der Waals surface area contributed by atoms with Gasteiger partial charge in [0.05, 0.1) is 5.92 Å². The first-order valence-electron chi connectivity index (χ1n) is 6.85. The summed E-state index contributed by atoms with van der Waals surface area (Å²) >= 11 is 5.25. The van der Waals surface area contributed by atoms with Gasteiger partial charge in [0.1, 0.15) is 0 Å². The molecule has 0 spiro atoms. The molecule has 1 aliphatic heterocycles. The molecule has 2 unspecified atom stereocenters. The number of halogens is 1. The maximum atomic E-state index is 11.7. The fourth-order valence-electron chi connectivity index (χ4n) is 2.81. The number of fused-ring (bicyclic) bond motifs is 1. The van der Waals surface area contributed by atoms with Gasteiger partial charge in [-0.05, 0) is 41.7 Å². The Morgan fingerprint density at radius 2 is 2.10 bits per heavy atom. The van der Waals surface area contributed by atoms with E-state index in [2.05, 4.69) is 28.1 Å². The summed E-state index contributed by atoms with van der Waals surface area (Å²) in [6, 6.07) is 15.9. The summed E-state index contributed by atoms with van der Waals surface area (Å²) in [6.45, 7) is 0. The molecule has 2 aromatic carbocycles. The Morgan fingerprint density at radius 1 is 1.29 bits per heavy atom. The molecule has 2 nitrogen and oxygen atoms in total. The number of carbonyl (C=O) groups is 1. The smallest absolute Gasteiger partial charge is 0.310 e. The number of rotatable bonds is 4. The molecule has 4 heteroatoms. The van der Waals surface area contributed by atoms with Crippen LogP contribution in [0.4, 0.5) is 0 Å². The summed E-state index contributed by atoms with van der Waals surface area (Å²) in [5.74, 6) is 0.0740. The second-order valence-electron chi connectivity index (χ2n) is 5.23. The lowest BCUT2D eigenvalue weighted by atomic mass is 9.86. The lowest BCUT2D eigenvalue weighted by Crippen LogP contribution is -2.15. The zero-order valence-corrected chi connectivity index (χ0v) is 13.7. The van der Waals surface area contributed by atoms with Gasteiger partial charge in [0.2, 0.25) is 0 Å². The monoisotopic (exact) mass is 362 g/mol. The zero-order valence-electron chi connectivity index (χ0n) is 11.3. The molecule has 3 rings (SSSR count). The summed E-state index contributed by atoms with van der Waals surface area (Å²) in [4.78, 5) is 13.0. The third-order valence-corrected chi connectivity index (χ3v) is 5.61. The van der Waals surface area contributed by atoms with E-state index in [1.165, 1.54) is 10.5 Å². The average Bonchev–Trinajstić information content (AvgIpc) is 2.87. The molecule has 1 aliphatic rings. The number of carboxylic acids is 1. The number of benzene rings is 2. The van der Waals surface area contributed by atoms with Crippen molar-refractivity contribution in [2.75, 3.05) is 5.75 Å². The average molecular weight is 363 g/mol. The highest BCUT2D eigenvalue weighted by molar-refractivity contribution is 9.10. The van der Waals surface area contributed by atoms with Crippen LogP contribution in [0.15, 0.2) is 57.9 Å². The lowest BCUT2D eigenvalue weighted by molar-refractivity contribution is -0.139. The molecule has 0 bridgehead atoms. The van der Waals surface area contributed by atoms with Gasteiger partial charge in [-0.2, -0.15) is 0 Å². The minimum Gasteiger partial charge on any atom is -0.481 e. The minimum absolute atomic E-state index is 0.311. The molecule has 108 valence electrons. The minimum atomic E-state index is -0.748. The lowest BCUT2D eigenvalue weighted by Gasteiger charge is -2.18. The van der Waals surface area contributed by atoms with E-state index < -0.39 is 11.9 Å². The standard InChI is InChI=1S/C17H15BrO2S/c18-13-5-3-4-11(8-13)15(17(19)20)9-12-10-21-16-7-2-1-6-14(12)16/h1-8,12,15H,9-10H2,(H,19,20). The molecule has 0 amide bonds. The Labute approximate surface area is 136 Å². The molecule has 2 aromatic rings. The molecule has 1 N–H and O–H groups in total. The highest BCUT2D eigenvalue weighted by Crippen LogP contribution is 2.44. The van der Waals surface area contributed by atoms with Crippen molar-refractivity contribution in [3.8, 4) is 0 Å². The molecule has 0 saturated carbocycles. The van der Waals surface area contributed by atoms with Crippen molar-refractivity contribution < 1.29 is 9.90 Å². The van der Waals surface area contributed by atoms with Crippen LogP contribution in [-0.4, -0.2) is 16.8 Å². The Balaban J connectivity index is 1.86. The summed E-state index contributed by atoms with van der Waals surface area (Å²) < 4.78 is 0.924. The number of hydrogen-bond donors (Lipinski definition) is 1. The largest absolute Gasteiger partial charge is 0.481 e. The van der Waals surface area contributed by atoms with Gasteiger partial charge in [-0.3, -0.25) is 4.79 Å². The van der Waals surface area contributed by atoms with Crippen LogP contribution >= 0.6 is 27.7 Å². The summed E-state index contributed by atoms with van der Waals surface area (Å²) in [5.41, 5.74) is 2.16. The maximum absolute atomic E-state index is 11.7. The third kappa shape index (κ3) is 3.16. The first-order chi connectivity index (χ1) is 10.1. The highest BCUT2D eigenvalue weighted by atomic mass is 79.9. The van der Waals surface area contributed by atoms with Crippen LogP contribution in [0.5, 0.6) is 0 Å². The number of hydrogen-bond acceptors (Lipinski definition) is 2. The molecule has 0 fully saturated rings. The van der Waals surface area contributed by atoms with Gasteiger partial charge in [0.25, 0.3) is 0 Å². The molecule has 0 aliphatic carbocycles. The van der Waals surface area contributed by atoms with Crippen molar-refractivity contribution in [2.24, 2.45) is 0 Å². The quantitative estimate of drug-likeness (QED) is 0.840. The van der Waals surface area contributed by atoms with Crippen molar-refractivity contribution in [3.05, 3.63) is 64.1 Å². The molecule has 1 heterocycles. The van der Waals surface area contributed by atoms with Gasteiger partial charge in [-0.15, -0.1) is 11.8 Å². The fraction of sp³-hybridized carbons (Fsp3) is 0.235. The molecule has 0 radical (unpaired) electrons. The highest BCUT2D eigenvalue weighted by Gasteiger charge is 2.29. The van der Waals surface area contributed by atoms with Crippen molar-refractivity contribution >= 4 is 33.7 Å². The predicted octanol–water partition coefficient (Wildman–Crippen LogP) is 4.90. The Kier molecular flexibility index (Phi) is 4.36. The first kappa shape index (κ1) is 14.7. The zero-order chi connectivity index (χ0) is 14.8. The van der Waals surface area contributed by atoms with Crippen LogP contribution in [0.1, 0.15) is 29.4 Å². The molecule has 0 aromatic heterocycles. The van der Waals surface area contributed by atoms with Crippen LogP contribution < -0.4 is 0 Å². The SMILES string of the molecule is O=C(O)C(CC1CSc2ccccc21)c1cccc(Br)c1. The van der Waals surface area contributed by atoms with E-state index in [1.54, 1.807) is 0 Å². The number of carboxylic acid groups (broad SMARTS) is 1. The number of thioether (sulfide) groups is 1. The van der Waals surface area contributed by atoms with Crippen molar-refractivity contribution in [2.45, 2.75) is 23.2 Å². The van der Waals surface area contributed by atoms with Gasteiger partial charge in [-0.1, -0.05) is 46.3 Å². The molecule has 21 heavy (non-hydrogen) atoms. The first-order valence-corrected chi connectivity index (χ1v) is 8.63. The van der Waals surface area contributed by atoms with E-state index in [1.807, 2.05) is 48.2 Å². The number of aliphatic carboxylic acids is 1. The normalized spacial score (nSPS) is 18.2. The second-order valence-corrected chi connectivity index (χ2v) is 7.20. The third-order valence-electron chi connectivity index (χ3n) is 3.87.